The van der Waals surface area contributed by atoms with E-state index < -0.39 is 0 Å². The number of aromatic nitrogens is 1. The van der Waals surface area contributed by atoms with Crippen LogP contribution in [0.2, 0.25) is 0 Å². The second-order valence-corrected chi connectivity index (χ2v) is 6.78. The third kappa shape index (κ3) is 5.01. The first kappa shape index (κ1) is 19.7. The van der Waals surface area contributed by atoms with Crippen molar-refractivity contribution in [1.82, 2.24) is 10.3 Å². The maximum Gasteiger partial charge on any atom is 0.195 e. The first-order valence-corrected chi connectivity index (χ1v) is 9.89. The molecule has 0 amide bonds. The molecular formula is C21H24N4O2S. The van der Waals surface area contributed by atoms with E-state index in [-0.39, 0.29) is 0 Å². The third-order valence-corrected chi connectivity index (χ3v) is 4.83. The predicted octanol–water partition coefficient (Wildman–Crippen LogP) is 4.40. The molecule has 2 N–H and O–H groups in total. The van der Waals surface area contributed by atoms with Gasteiger partial charge in [0.05, 0.1) is 26.0 Å². The van der Waals surface area contributed by atoms with Crippen LogP contribution in [0.3, 0.4) is 0 Å². The molecule has 0 aliphatic heterocycles. The molecule has 146 valence electrons. The van der Waals surface area contributed by atoms with E-state index in [1.807, 2.05) is 43.3 Å². The smallest absolute Gasteiger partial charge is 0.195 e. The number of hydrogen-bond acceptors (Lipinski definition) is 5. The molecule has 0 aliphatic carbocycles. The lowest BCUT2D eigenvalue weighted by atomic mass is 10.2. The number of aliphatic imine (C=N–C) groups is 1. The minimum atomic E-state index is 0.570. The van der Waals surface area contributed by atoms with E-state index in [9.17, 15) is 0 Å². The fourth-order valence-electron chi connectivity index (χ4n) is 2.63. The molecule has 0 saturated carbocycles. The Morgan fingerprint density at radius 2 is 1.96 bits per heavy atom. The first-order chi connectivity index (χ1) is 13.7. The molecular weight excluding hydrogens is 372 g/mol. The number of hydrogen-bond donors (Lipinski definition) is 2. The fraction of sp³-hybridized carbons (Fsp3) is 0.238. The molecule has 0 spiro atoms. The van der Waals surface area contributed by atoms with Crippen LogP contribution in [-0.2, 0) is 6.54 Å². The second-order valence-electron chi connectivity index (χ2n) is 5.84. The molecule has 0 atom stereocenters. The van der Waals surface area contributed by atoms with E-state index in [1.54, 1.807) is 25.5 Å². The highest BCUT2D eigenvalue weighted by molar-refractivity contribution is 7.09. The van der Waals surface area contributed by atoms with Crippen LogP contribution in [-0.4, -0.2) is 31.7 Å². The summed E-state index contributed by atoms with van der Waals surface area (Å²) in [5.41, 5.74) is 2.97. The lowest BCUT2D eigenvalue weighted by molar-refractivity contribution is 0.311. The summed E-state index contributed by atoms with van der Waals surface area (Å²) in [4.78, 5) is 8.97. The molecule has 0 aliphatic rings. The SMILES string of the molecule is CCOc1cc(NC(=NC)NCc2nc(-c3ccccc3)cs2)ccc1OC. The van der Waals surface area contributed by atoms with Crippen molar-refractivity contribution < 1.29 is 9.47 Å². The van der Waals surface area contributed by atoms with Crippen molar-refractivity contribution in [3.63, 3.8) is 0 Å². The summed E-state index contributed by atoms with van der Waals surface area (Å²) in [6.45, 7) is 3.10. The van der Waals surface area contributed by atoms with Gasteiger partial charge in [-0.05, 0) is 19.1 Å². The molecule has 1 aromatic heterocycles. The van der Waals surface area contributed by atoms with Crippen LogP contribution < -0.4 is 20.1 Å². The molecule has 0 saturated heterocycles. The van der Waals surface area contributed by atoms with E-state index in [0.717, 1.165) is 22.0 Å². The molecule has 6 nitrogen and oxygen atoms in total. The van der Waals surface area contributed by atoms with Gasteiger partial charge in [-0.2, -0.15) is 0 Å². The maximum atomic E-state index is 5.62. The minimum Gasteiger partial charge on any atom is -0.493 e. The molecule has 0 bridgehead atoms. The van der Waals surface area contributed by atoms with E-state index in [4.69, 9.17) is 14.5 Å². The number of rotatable bonds is 7. The van der Waals surface area contributed by atoms with Gasteiger partial charge in [-0.25, -0.2) is 4.98 Å². The van der Waals surface area contributed by atoms with E-state index in [0.29, 0.717) is 30.6 Å². The van der Waals surface area contributed by atoms with Gasteiger partial charge in [-0.15, -0.1) is 11.3 Å². The first-order valence-electron chi connectivity index (χ1n) is 9.01. The van der Waals surface area contributed by atoms with Crippen LogP contribution in [0.5, 0.6) is 11.5 Å². The van der Waals surface area contributed by atoms with Gasteiger partial charge >= 0.3 is 0 Å². The van der Waals surface area contributed by atoms with Crippen LogP contribution in [0, 0.1) is 0 Å². The highest BCUT2D eigenvalue weighted by Gasteiger charge is 2.08. The summed E-state index contributed by atoms with van der Waals surface area (Å²) in [7, 11) is 3.36. The van der Waals surface area contributed by atoms with Crippen molar-refractivity contribution in [2.45, 2.75) is 13.5 Å². The maximum absolute atomic E-state index is 5.62. The largest absolute Gasteiger partial charge is 0.493 e. The second kappa shape index (κ2) is 9.75. The van der Waals surface area contributed by atoms with E-state index in [1.165, 1.54) is 0 Å². The van der Waals surface area contributed by atoms with Crippen molar-refractivity contribution >= 4 is 23.0 Å². The topological polar surface area (TPSA) is 67.8 Å². The number of nitrogens with zero attached hydrogens (tertiary/aromatic N) is 2. The lowest BCUT2D eigenvalue weighted by Gasteiger charge is -2.14. The molecule has 3 rings (SSSR count). The minimum absolute atomic E-state index is 0.570. The Balaban J connectivity index is 1.63. The Morgan fingerprint density at radius 3 is 2.68 bits per heavy atom. The predicted molar refractivity (Wildman–Crippen MR) is 116 cm³/mol. The highest BCUT2D eigenvalue weighted by atomic mass is 32.1. The molecule has 28 heavy (non-hydrogen) atoms. The van der Waals surface area contributed by atoms with Crippen molar-refractivity contribution in [3.05, 3.63) is 58.9 Å². The van der Waals surface area contributed by atoms with Gasteiger partial charge in [-0.1, -0.05) is 30.3 Å². The van der Waals surface area contributed by atoms with Crippen LogP contribution in [0.15, 0.2) is 58.9 Å². The van der Waals surface area contributed by atoms with Crippen molar-refractivity contribution in [2.24, 2.45) is 4.99 Å². The van der Waals surface area contributed by atoms with Gasteiger partial charge in [0.2, 0.25) is 0 Å². The Kier molecular flexibility index (Phi) is 6.86. The van der Waals surface area contributed by atoms with Crippen molar-refractivity contribution in [2.75, 3.05) is 26.1 Å². The summed E-state index contributed by atoms with van der Waals surface area (Å²) in [5, 5.41) is 9.62. The molecule has 0 unspecified atom stereocenters. The standard InChI is InChI=1S/C21H24N4O2S/c1-4-27-19-12-16(10-11-18(19)26-3)24-21(22-2)23-13-20-25-17(14-28-20)15-8-6-5-7-9-15/h5-12,14H,4,13H2,1-3H3,(H2,22,23,24). The zero-order valence-electron chi connectivity index (χ0n) is 16.2. The van der Waals surface area contributed by atoms with Gasteiger partial charge in [0, 0.05) is 29.7 Å². The highest BCUT2D eigenvalue weighted by Crippen LogP contribution is 2.30. The summed E-state index contributed by atoms with van der Waals surface area (Å²) < 4.78 is 10.9. The number of thiazole rings is 1. The number of anilines is 1. The quantitative estimate of drug-likeness (QED) is 0.457. The number of benzene rings is 2. The molecule has 3 aromatic rings. The van der Waals surface area contributed by atoms with E-state index >= 15 is 0 Å². The molecule has 7 heteroatoms. The molecule has 2 aromatic carbocycles. The normalized spacial score (nSPS) is 11.2. The number of methoxy groups -OCH3 is 1. The van der Waals surface area contributed by atoms with Crippen LogP contribution in [0.25, 0.3) is 11.3 Å². The van der Waals surface area contributed by atoms with E-state index in [2.05, 4.69) is 33.1 Å². The van der Waals surface area contributed by atoms with Gasteiger partial charge < -0.3 is 20.1 Å². The van der Waals surface area contributed by atoms with Gasteiger partial charge in [0.15, 0.2) is 17.5 Å². The average Bonchev–Trinajstić information content (AvgIpc) is 3.21. The van der Waals surface area contributed by atoms with Gasteiger partial charge in [0.25, 0.3) is 0 Å². The zero-order chi connectivity index (χ0) is 19.8. The number of nitrogens with one attached hydrogen (secondary N) is 2. The molecule has 0 radical (unpaired) electrons. The van der Waals surface area contributed by atoms with Crippen molar-refractivity contribution in [1.29, 1.82) is 0 Å². The molecule has 1 heterocycles. The lowest BCUT2D eigenvalue weighted by Crippen LogP contribution is -2.30. The zero-order valence-corrected chi connectivity index (χ0v) is 17.0. The summed E-state index contributed by atoms with van der Waals surface area (Å²) >= 11 is 1.62. The van der Waals surface area contributed by atoms with Gasteiger partial charge in [0.1, 0.15) is 5.01 Å². The van der Waals surface area contributed by atoms with Crippen LogP contribution >= 0.6 is 11.3 Å². The Morgan fingerprint density at radius 1 is 1.14 bits per heavy atom. The monoisotopic (exact) mass is 396 g/mol. The Hall–Kier alpha value is -3.06. The fourth-order valence-corrected chi connectivity index (χ4v) is 3.37. The number of guanidine groups is 1. The number of ether oxygens (including phenoxy) is 2. The summed E-state index contributed by atoms with van der Waals surface area (Å²) in [6, 6.07) is 15.8. The van der Waals surface area contributed by atoms with Gasteiger partial charge in [-0.3, -0.25) is 4.99 Å². The third-order valence-electron chi connectivity index (χ3n) is 3.98. The summed E-state index contributed by atoms with van der Waals surface area (Å²) in [6.07, 6.45) is 0. The summed E-state index contributed by atoms with van der Waals surface area (Å²) in [5.74, 6) is 2.05. The Bertz CT molecular complexity index is 925. The van der Waals surface area contributed by atoms with Crippen LogP contribution in [0.4, 0.5) is 5.69 Å². The van der Waals surface area contributed by atoms with Crippen molar-refractivity contribution in [3.8, 4) is 22.8 Å². The average molecular weight is 397 g/mol. The molecule has 0 fully saturated rings. The van der Waals surface area contributed by atoms with Crippen LogP contribution in [0.1, 0.15) is 11.9 Å². The Labute approximate surface area is 169 Å².